The number of amides is 1. The van der Waals surface area contributed by atoms with Crippen LogP contribution in [0.15, 0.2) is 35.6 Å². The van der Waals surface area contributed by atoms with E-state index in [1.807, 2.05) is 18.2 Å². The Labute approximate surface area is 162 Å². The first-order chi connectivity index (χ1) is 13.3. The summed E-state index contributed by atoms with van der Waals surface area (Å²) < 4.78 is 10.7. The number of hydrogen-bond acceptors (Lipinski definition) is 7. The van der Waals surface area contributed by atoms with Crippen LogP contribution >= 0.6 is 11.8 Å². The third kappa shape index (κ3) is 4.44. The molecule has 1 N–H and O–H groups in total. The molecule has 27 heavy (non-hydrogen) atoms. The van der Waals surface area contributed by atoms with Crippen LogP contribution in [0.2, 0.25) is 0 Å². The normalized spacial score (nSPS) is 15.6. The number of carbonyl (C=O) groups excluding carboxylic acids is 1. The first-order valence-corrected chi connectivity index (χ1v) is 10.1. The third-order valence-corrected chi connectivity index (χ3v) is 5.54. The van der Waals surface area contributed by atoms with Gasteiger partial charge in [-0.05, 0) is 37.0 Å². The maximum atomic E-state index is 12.3. The number of nitrogens with zero attached hydrogens (tertiary/aromatic N) is 3. The van der Waals surface area contributed by atoms with Crippen LogP contribution in [0.25, 0.3) is 0 Å². The molecule has 0 saturated carbocycles. The Morgan fingerprint density at radius 2 is 1.93 bits per heavy atom. The van der Waals surface area contributed by atoms with E-state index in [-0.39, 0.29) is 12.7 Å². The van der Waals surface area contributed by atoms with E-state index in [0.717, 1.165) is 41.0 Å². The van der Waals surface area contributed by atoms with Gasteiger partial charge in [0.15, 0.2) is 17.3 Å². The van der Waals surface area contributed by atoms with Gasteiger partial charge in [0.25, 0.3) is 0 Å². The highest BCUT2D eigenvalue weighted by Crippen LogP contribution is 2.32. The molecular weight excluding hydrogens is 364 g/mol. The Morgan fingerprint density at radius 1 is 1.11 bits per heavy atom. The number of aromatic nitrogens is 2. The second-order valence-electron chi connectivity index (χ2n) is 6.49. The second kappa shape index (κ2) is 8.47. The van der Waals surface area contributed by atoms with Crippen molar-refractivity contribution in [3.8, 4) is 11.5 Å². The number of nitrogens with one attached hydrogen (secondary N) is 1. The van der Waals surface area contributed by atoms with Gasteiger partial charge >= 0.3 is 0 Å². The van der Waals surface area contributed by atoms with E-state index < -0.39 is 0 Å². The van der Waals surface area contributed by atoms with Crippen molar-refractivity contribution < 1.29 is 14.3 Å². The molecule has 0 radical (unpaired) electrons. The minimum atomic E-state index is -0.0343. The minimum Gasteiger partial charge on any atom is -0.454 e. The smallest absolute Gasteiger partial charge is 0.231 e. The summed E-state index contributed by atoms with van der Waals surface area (Å²) in [5.74, 6) is 2.64. The van der Waals surface area contributed by atoms with Crippen LogP contribution in [-0.4, -0.2) is 41.5 Å². The predicted octanol–water partition coefficient (Wildman–Crippen LogP) is 2.60. The Morgan fingerprint density at radius 3 is 2.81 bits per heavy atom. The summed E-state index contributed by atoms with van der Waals surface area (Å²) in [6.07, 6.45) is 7.02. The SMILES string of the molecule is O=C(CSc1nccnc1N1CCCCC1)NCc1ccc2c(c1)OCO2. The molecular formula is C19H22N4O3S. The fourth-order valence-electron chi connectivity index (χ4n) is 3.18. The van der Waals surface area contributed by atoms with Gasteiger partial charge in [0.05, 0.1) is 5.75 Å². The summed E-state index contributed by atoms with van der Waals surface area (Å²) in [4.78, 5) is 23.5. The summed E-state index contributed by atoms with van der Waals surface area (Å²) in [6, 6.07) is 5.69. The largest absolute Gasteiger partial charge is 0.454 e. The van der Waals surface area contributed by atoms with Gasteiger partial charge in [-0.2, -0.15) is 0 Å². The van der Waals surface area contributed by atoms with Crippen molar-refractivity contribution in [3.63, 3.8) is 0 Å². The second-order valence-corrected chi connectivity index (χ2v) is 7.45. The highest BCUT2D eigenvalue weighted by Gasteiger charge is 2.18. The molecule has 0 aliphatic carbocycles. The van der Waals surface area contributed by atoms with Crippen molar-refractivity contribution in [1.82, 2.24) is 15.3 Å². The number of hydrogen-bond donors (Lipinski definition) is 1. The zero-order chi connectivity index (χ0) is 18.5. The van der Waals surface area contributed by atoms with Crippen LogP contribution in [0.5, 0.6) is 11.5 Å². The molecule has 2 aliphatic rings. The Kier molecular flexibility index (Phi) is 5.62. The Bertz CT molecular complexity index is 811. The van der Waals surface area contributed by atoms with Gasteiger partial charge in [0.1, 0.15) is 5.03 Å². The summed E-state index contributed by atoms with van der Waals surface area (Å²) in [6.45, 7) is 2.71. The van der Waals surface area contributed by atoms with Crippen molar-refractivity contribution in [2.24, 2.45) is 0 Å². The maximum absolute atomic E-state index is 12.3. The van der Waals surface area contributed by atoms with Gasteiger partial charge in [-0.15, -0.1) is 0 Å². The van der Waals surface area contributed by atoms with E-state index in [0.29, 0.717) is 12.3 Å². The van der Waals surface area contributed by atoms with Gasteiger partial charge in [-0.1, -0.05) is 17.8 Å². The van der Waals surface area contributed by atoms with Crippen LogP contribution in [-0.2, 0) is 11.3 Å². The summed E-state index contributed by atoms with van der Waals surface area (Å²) in [7, 11) is 0. The number of rotatable bonds is 6. The van der Waals surface area contributed by atoms with E-state index in [9.17, 15) is 4.79 Å². The van der Waals surface area contributed by atoms with Gasteiger partial charge in [0.2, 0.25) is 12.7 Å². The fraction of sp³-hybridized carbons (Fsp3) is 0.421. The standard InChI is InChI=1S/C19H22N4O3S/c24-17(22-11-14-4-5-15-16(10-14)26-13-25-15)12-27-19-18(20-6-7-21-19)23-8-2-1-3-9-23/h4-7,10H,1-3,8-9,11-13H2,(H,22,24). The molecule has 1 aromatic carbocycles. The van der Waals surface area contributed by atoms with Gasteiger partial charge in [-0.3, -0.25) is 4.79 Å². The maximum Gasteiger partial charge on any atom is 0.231 e. The average molecular weight is 386 g/mol. The molecule has 0 unspecified atom stereocenters. The molecule has 8 heteroatoms. The highest BCUT2D eigenvalue weighted by atomic mass is 32.2. The van der Waals surface area contributed by atoms with Crippen LogP contribution < -0.4 is 19.7 Å². The number of benzene rings is 1. The Hall–Kier alpha value is -2.48. The topological polar surface area (TPSA) is 76.6 Å². The lowest BCUT2D eigenvalue weighted by Gasteiger charge is -2.28. The number of thioether (sulfide) groups is 1. The minimum absolute atomic E-state index is 0.0343. The van der Waals surface area contributed by atoms with E-state index in [1.54, 1.807) is 12.4 Å². The van der Waals surface area contributed by atoms with Crippen molar-refractivity contribution >= 4 is 23.5 Å². The zero-order valence-electron chi connectivity index (χ0n) is 15.0. The number of carbonyl (C=O) groups is 1. The lowest BCUT2D eigenvalue weighted by Crippen LogP contribution is -2.31. The molecule has 2 aliphatic heterocycles. The van der Waals surface area contributed by atoms with Crippen LogP contribution in [0.4, 0.5) is 5.82 Å². The lowest BCUT2D eigenvalue weighted by atomic mass is 10.1. The Balaban J connectivity index is 1.30. The molecule has 3 heterocycles. The van der Waals surface area contributed by atoms with Crippen molar-refractivity contribution in [2.45, 2.75) is 30.8 Å². The molecule has 1 aromatic heterocycles. The van der Waals surface area contributed by atoms with E-state index >= 15 is 0 Å². The van der Waals surface area contributed by atoms with E-state index in [2.05, 4.69) is 20.2 Å². The first kappa shape index (κ1) is 17.9. The van der Waals surface area contributed by atoms with E-state index in [4.69, 9.17) is 9.47 Å². The molecule has 1 fully saturated rings. The zero-order valence-corrected chi connectivity index (χ0v) is 15.8. The van der Waals surface area contributed by atoms with Crippen LogP contribution in [0.1, 0.15) is 24.8 Å². The first-order valence-electron chi connectivity index (χ1n) is 9.13. The number of anilines is 1. The molecule has 7 nitrogen and oxygen atoms in total. The molecule has 1 saturated heterocycles. The van der Waals surface area contributed by atoms with Crippen molar-refractivity contribution in [1.29, 1.82) is 0 Å². The molecule has 1 amide bonds. The number of fused-ring (bicyclic) bond motifs is 1. The molecule has 4 rings (SSSR count). The summed E-state index contributed by atoms with van der Waals surface area (Å²) in [5.41, 5.74) is 0.978. The van der Waals surface area contributed by atoms with Gasteiger partial charge < -0.3 is 19.7 Å². The summed E-state index contributed by atoms with van der Waals surface area (Å²) in [5, 5.41) is 3.76. The molecule has 0 spiro atoms. The predicted molar refractivity (Wildman–Crippen MR) is 103 cm³/mol. The van der Waals surface area contributed by atoms with Crippen LogP contribution in [0, 0.1) is 0 Å². The quantitative estimate of drug-likeness (QED) is 0.765. The third-order valence-electron chi connectivity index (χ3n) is 4.57. The van der Waals surface area contributed by atoms with Gasteiger partial charge in [-0.25, -0.2) is 9.97 Å². The monoisotopic (exact) mass is 386 g/mol. The summed E-state index contributed by atoms with van der Waals surface area (Å²) >= 11 is 1.43. The highest BCUT2D eigenvalue weighted by molar-refractivity contribution is 8.00. The molecule has 0 atom stereocenters. The fourth-order valence-corrected chi connectivity index (χ4v) is 4.00. The number of piperidine rings is 1. The molecule has 2 aromatic rings. The lowest BCUT2D eigenvalue weighted by molar-refractivity contribution is -0.118. The van der Waals surface area contributed by atoms with Gasteiger partial charge in [0, 0.05) is 32.0 Å². The van der Waals surface area contributed by atoms with Crippen molar-refractivity contribution in [3.05, 3.63) is 36.2 Å². The molecule has 0 bridgehead atoms. The number of ether oxygens (including phenoxy) is 2. The van der Waals surface area contributed by atoms with Crippen molar-refractivity contribution in [2.75, 3.05) is 30.5 Å². The van der Waals surface area contributed by atoms with E-state index in [1.165, 1.54) is 31.0 Å². The average Bonchev–Trinajstić information content (AvgIpc) is 3.19. The van der Waals surface area contributed by atoms with Crippen LogP contribution in [0.3, 0.4) is 0 Å². The molecule has 142 valence electrons.